The zero-order chi connectivity index (χ0) is 57.5. The molecule has 79 heavy (non-hydrogen) atoms. The Morgan fingerprint density at radius 2 is 0.873 bits per heavy atom. The van der Waals surface area contributed by atoms with Crippen LogP contribution in [0.25, 0.3) is 0 Å². The average Bonchev–Trinajstić information content (AvgIpc) is 3.44. The summed E-state index contributed by atoms with van der Waals surface area (Å²) in [5, 5.41) is 56.9. The summed E-state index contributed by atoms with van der Waals surface area (Å²) in [4.78, 5) is 26.5. The number of hydrogen-bond acceptors (Lipinski definition) is 10. The molecular formula is C68H123NO10. The van der Waals surface area contributed by atoms with E-state index >= 15 is 0 Å². The average molecular weight is 1110 g/mol. The first kappa shape index (κ1) is 74.4. The molecule has 8 unspecified atom stereocenters. The molecule has 0 saturated carbocycles. The van der Waals surface area contributed by atoms with Crippen molar-refractivity contribution >= 4 is 11.9 Å². The lowest BCUT2D eigenvalue weighted by molar-refractivity contribution is -0.305. The number of rotatable bonds is 56. The zero-order valence-electron chi connectivity index (χ0n) is 51.0. The van der Waals surface area contributed by atoms with Crippen LogP contribution >= 0.6 is 0 Å². The number of ether oxygens (including phenoxy) is 3. The summed E-state index contributed by atoms with van der Waals surface area (Å²) in [6, 6.07) is -1.03. The van der Waals surface area contributed by atoms with Crippen LogP contribution in [-0.4, -0.2) is 99.6 Å². The summed E-state index contributed by atoms with van der Waals surface area (Å²) in [5.41, 5.74) is 0. The Hall–Kier alpha value is -2.64. The van der Waals surface area contributed by atoms with Gasteiger partial charge in [-0.3, -0.25) is 9.59 Å². The highest BCUT2D eigenvalue weighted by Gasteiger charge is 2.47. The normalized spacial score (nSPS) is 19.2. The Morgan fingerprint density at radius 3 is 1.32 bits per heavy atom. The van der Waals surface area contributed by atoms with Crippen LogP contribution in [0.1, 0.15) is 297 Å². The lowest BCUT2D eigenvalue weighted by Gasteiger charge is -2.41. The molecule has 1 fully saturated rings. The third-order valence-corrected chi connectivity index (χ3v) is 15.4. The van der Waals surface area contributed by atoms with Crippen LogP contribution in [0.3, 0.4) is 0 Å². The van der Waals surface area contributed by atoms with Crippen LogP contribution < -0.4 is 5.32 Å². The highest BCUT2D eigenvalue weighted by molar-refractivity contribution is 5.80. The van der Waals surface area contributed by atoms with E-state index in [-0.39, 0.29) is 19.4 Å². The number of esters is 1. The maximum absolute atomic E-state index is 13.4. The maximum atomic E-state index is 13.4. The molecule has 6 N–H and O–H groups in total. The van der Waals surface area contributed by atoms with Gasteiger partial charge in [-0.1, -0.05) is 274 Å². The van der Waals surface area contributed by atoms with Gasteiger partial charge in [0, 0.05) is 6.42 Å². The van der Waals surface area contributed by atoms with Crippen molar-refractivity contribution in [3.8, 4) is 0 Å². The fourth-order valence-electron chi connectivity index (χ4n) is 10.1. The van der Waals surface area contributed by atoms with Crippen molar-refractivity contribution in [2.24, 2.45) is 0 Å². The lowest BCUT2D eigenvalue weighted by atomic mass is 9.99. The van der Waals surface area contributed by atoms with Crippen molar-refractivity contribution in [3.05, 3.63) is 60.8 Å². The van der Waals surface area contributed by atoms with Crippen LogP contribution in [0.4, 0.5) is 0 Å². The SMILES string of the molecule is CCCCC/C=C\C/C=C\CCCCCCCCCCCCCCCCCCC(O)C(=O)NC(COC1OC(CO)C(O)C(O)C1OC(=O)CC/C=C/C/C=C\CCCCCCCC)C(O)/C=C/CCCCCCCCCCC. The molecule has 0 aromatic heterocycles. The van der Waals surface area contributed by atoms with E-state index in [2.05, 4.69) is 62.5 Å². The number of unbranched alkanes of at least 4 members (excludes halogenated alkanes) is 34. The Kier molecular flexibility index (Phi) is 52.6. The van der Waals surface area contributed by atoms with Crippen molar-refractivity contribution < 1.29 is 49.3 Å². The van der Waals surface area contributed by atoms with E-state index in [1.807, 2.05) is 18.2 Å². The van der Waals surface area contributed by atoms with Gasteiger partial charge in [-0.25, -0.2) is 0 Å². The highest BCUT2D eigenvalue weighted by Crippen LogP contribution is 2.26. The summed E-state index contributed by atoms with van der Waals surface area (Å²) in [7, 11) is 0. The summed E-state index contributed by atoms with van der Waals surface area (Å²) >= 11 is 0. The Labute approximate surface area is 484 Å². The van der Waals surface area contributed by atoms with E-state index in [0.717, 1.165) is 57.8 Å². The topological polar surface area (TPSA) is 175 Å². The van der Waals surface area contributed by atoms with Crippen LogP contribution in [-0.2, 0) is 23.8 Å². The monoisotopic (exact) mass is 1110 g/mol. The summed E-state index contributed by atoms with van der Waals surface area (Å²) < 4.78 is 17.5. The molecule has 8 atom stereocenters. The standard InChI is InChI=1S/C68H123NO10/c1-4-7-10-13-16-19-22-24-25-26-27-28-29-30-31-32-33-34-35-36-38-40-43-46-49-52-55-61(72)67(76)69-59(60(71)54-51-48-45-42-39-21-18-15-12-9-6-3)58-77-68-66(65(75)64(74)62(57-70)78-68)79-63(73)56-53-50-47-44-41-37-23-20-17-14-11-8-5-2/h16,19,24-25,37,41,47,50-51,54,59-62,64-66,68,70-72,74-75H,4-15,17-18,20-23,26-36,38-40,42-46,48-49,52-53,55-58H2,1-3H3,(H,69,76)/b19-16-,25-24-,41-37-,50-47+,54-51+. The van der Waals surface area contributed by atoms with Crippen molar-refractivity contribution in [2.75, 3.05) is 13.2 Å². The van der Waals surface area contributed by atoms with Crippen LogP contribution in [0.2, 0.25) is 0 Å². The largest absolute Gasteiger partial charge is 0.454 e. The van der Waals surface area contributed by atoms with Crippen LogP contribution in [0.5, 0.6) is 0 Å². The Bertz CT molecular complexity index is 1510. The fourth-order valence-corrected chi connectivity index (χ4v) is 10.1. The van der Waals surface area contributed by atoms with E-state index in [1.165, 1.54) is 193 Å². The zero-order valence-corrected chi connectivity index (χ0v) is 51.0. The molecule has 0 radical (unpaired) electrons. The second-order valence-corrected chi connectivity index (χ2v) is 22.8. The molecule has 1 aliphatic heterocycles. The number of carbonyl (C=O) groups excluding carboxylic acids is 2. The minimum atomic E-state index is -1.64. The van der Waals surface area contributed by atoms with Crippen molar-refractivity contribution in [2.45, 2.75) is 346 Å². The smallest absolute Gasteiger partial charge is 0.306 e. The van der Waals surface area contributed by atoms with Crippen molar-refractivity contribution in [1.29, 1.82) is 0 Å². The molecule has 11 nitrogen and oxygen atoms in total. The van der Waals surface area contributed by atoms with Gasteiger partial charge in [0.2, 0.25) is 5.91 Å². The maximum Gasteiger partial charge on any atom is 0.306 e. The van der Waals surface area contributed by atoms with Gasteiger partial charge in [-0.15, -0.1) is 0 Å². The fraction of sp³-hybridized carbons (Fsp3) is 0.824. The number of hydrogen-bond donors (Lipinski definition) is 6. The molecule has 1 aliphatic rings. The number of nitrogens with one attached hydrogen (secondary N) is 1. The first-order valence-electron chi connectivity index (χ1n) is 33.1. The van der Waals surface area contributed by atoms with Crippen LogP contribution in [0.15, 0.2) is 60.8 Å². The van der Waals surface area contributed by atoms with Gasteiger partial charge in [-0.05, 0) is 77.0 Å². The van der Waals surface area contributed by atoms with Gasteiger partial charge in [0.25, 0.3) is 0 Å². The highest BCUT2D eigenvalue weighted by atomic mass is 16.7. The third kappa shape index (κ3) is 43.7. The summed E-state index contributed by atoms with van der Waals surface area (Å²) in [5.74, 6) is -1.26. The van der Waals surface area contributed by atoms with Gasteiger partial charge >= 0.3 is 5.97 Å². The van der Waals surface area contributed by atoms with E-state index < -0.39 is 67.4 Å². The molecular weight excluding hydrogens is 991 g/mol. The first-order valence-corrected chi connectivity index (χ1v) is 33.1. The van der Waals surface area contributed by atoms with E-state index in [9.17, 15) is 35.1 Å². The Morgan fingerprint density at radius 1 is 0.494 bits per heavy atom. The molecule has 1 saturated heterocycles. The minimum absolute atomic E-state index is 0.0180. The number of allylic oxidation sites excluding steroid dienone is 9. The summed E-state index contributed by atoms with van der Waals surface area (Å²) in [6.45, 7) is 5.73. The molecule has 460 valence electrons. The lowest BCUT2D eigenvalue weighted by Crippen LogP contribution is -2.61. The second-order valence-electron chi connectivity index (χ2n) is 22.8. The molecule has 1 amide bonds. The van der Waals surface area contributed by atoms with Crippen molar-refractivity contribution in [3.63, 3.8) is 0 Å². The molecule has 0 bridgehead atoms. The number of amides is 1. The molecule has 0 aromatic carbocycles. The van der Waals surface area contributed by atoms with Crippen LogP contribution in [0, 0.1) is 0 Å². The van der Waals surface area contributed by atoms with E-state index in [0.29, 0.717) is 12.8 Å². The van der Waals surface area contributed by atoms with Gasteiger partial charge in [0.1, 0.15) is 24.4 Å². The first-order chi connectivity index (χ1) is 38.7. The minimum Gasteiger partial charge on any atom is -0.454 e. The van der Waals surface area contributed by atoms with E-state index in [1.54, 1.807) is 6.08 Å². The van der Waals surface area contributed by atoms with E-state index in [4.69, 9.17) is 14.2 Å². The quantitative estimate of drug-likeness (QED) is 0.0195. The predicted molar refractivity (Wildman–Crippen MR) is 329 cm³/mol. The van der Waals surface area contributed by atoms with Gasteiger partial charge in [-0.2, -0.15) is 0 Å². The molecule has 11 heteroatoms. The number of aliphatic hydroxyl groups excluding tert-OH is 5. The molecule has 0 aliphatic carbocycles. The van der Waals surface area contributed by atoms with Gasteiger partial charge in [0.15, 0.2) is 12.4 Å². The Balaban J connectivity index is 2.57. The molecule has 1 heterocycles. The van der Waals surface area contributed by atoms with Gasteiger partial charge in [0.05, 0.1) is 25.4 Å². The second kappa shape index (κ2) is 55.9. The molecule has 0 spiro atoms. The number of carbonyl (C=O) groups is 2. The summed E-state index contributed by atoms with van der Waals surface area (Å²) in [6.07, 6.45) is 60.1. The third-order valence-electron chi connectivity index (χ3n) is 15.4. The number of aliphatic hydroxyl groups is 5. The van der Waals surface area contributed by atoms with Crippen molar-refractivity contribution in [1.82, 2.24) is 5.32 Å². The predicted octanol–water partition coefficient (Wildman–Crippen LogP) is 16.2. The van der Waals surface area contributed by atoms with Gasteiger partial charge < -0.3 is 45.1 Å². The molecule has 1 rings (SSSR count). The molecule has 0 aromatic rings.